The van der Waals surface area contributed by atoms with E-state index in [4.69, 9.17) is 19.7 Å². The Morgan fingerprint density at radius 1 is 0.929 bits per heavy atom. The van der Waals surface area contributed by atoms with Crippen molar-refractivity contribution in [2.24, 2.45) is 0 Å². The lowest BCUT2D eigenvalue weighted by molar-refractivity contribution is 0.0222. The molecule has 0 saturated heterocycles. The quantitative estimate of drug-likeness (QED) is 0.473. The van der Waals surface area contributed by atoms with Crippen LogP contribution in [0.3, 0.4) is 0 Å². The molecule has 0 amide bonds. The van der Waals surface area contributed by atoms with Crippen LogP contribution in [0.1, 0.15) is 13.8 Å². The van der Waals surface area contributed by atoms with Crippen molar-refractivity contribution >= 4 is 0 Å². The number of aliphatic hydroxyl groups excluding tert-OH is 2. The Kier molecular flexibility index (Phi) is 17.3. The highest BCUT2D eigenvalue weighted by atomic mass is 16.5. The molecule has 0 aliphatic heterocycles. The first-order valence-electron chi connectivity index (χ1n) is 4.64. The second-order valence-electron chi connectivity index (χ2n) is 2.88. The van der Waals surface area contributed by atoms with E-state index in [1.54, 1.807) is 0 Å². The van der Waals surface area contributed by atoms with E-state index in [1.807, 2.05) is 13.8 Å². The number of hydrogen-bond acceptors (Lipinski definition) is 4. The van der Waals surface area contributed by atoms with Crippen LogP contribution in [0.15, 0.2) is 12.2 Å². The molecule has 0 rings (SSSR count). The molecule has 0 radical (unpaired) electrons. The second-order valence-corrected chi connectivity index (χ2v) is 2.88. The second kappa shape index (κ2) is 15.1. The Bertz CT molecular complexity index is 103. The van der Waals surface area contributed by atoms with E-state index >= 15 is 0 Å². The highest BCUT2D eigenvalue weighted by Crippen LogP contribution is 1.76. The van der Waals surface area contributed by atoms with Crippen molar-refractivity contribution in [2.45, 2.75) is 13.8 Å². The third-order valence-corrected chi connectivity index (χ3v) is 0.843. The molecule has 14 heavy (non-hydrogen) atoms. The van der Waals surface area contributed by atoms with Gasteiger partial charge in [0.2, 0.25) is 0 Å². The lowest BCUT2D eigenvalue weighted by Crippen LogP contribution is -2.09. The summed E-state index contributed by atoms with van der Waals surface area (Å²) < 4.78 is 9.75. The maximum Gasteiger partial charge on any atom is 0.0701 e. The first kappa shape index (κ1) is 16.0. The summed E-state index contributed by atoms with van der Waals surface area (Å²) in [6.45, 7) is 9.23. The molecule has 86 valence electrons. The zero-order chi connectivity index (χ0) is 11.2. The van der Waals surface area contributed by atoms with Crippen molar-refractivity contribution in [1.82, 2.24) is 0 Å². The van der Waals surface area contributed by atoms with Crippen molar-refractivity contribution in [3.63, 3.8) is 0 Å². The Morgan fingerprint density at radius 2 is 1.21 bits per heavy atom. The average molecular weight is 206 g/mol. The van der Waals surface area contributed by atoms with Gasteiger partial charge in [-0.3, -0.25) is 0 Å². The van der Waals surface area contributed by atoms with Crippen LogP contribution in [0.2, 0.25) is 0 Å². The van der Waals surface area contributed by atoms with Gasteiger partial charge in [-0.15, -0.1) is 6.58 Å². The summed E-state index contributed by atoms with van der Waals surface area (Å²) in [7, 11) is 0. The molecule has 2 N–H and O–H groups in total. The van der Waals surface area contributed by atoms with Gasteiger partial charge in [0.05, 0.1) is 39.6 Å². The van der Waals surface area contributed by atoms with Crippen molar-refractivity contribution in [1.29, 1.82) is 0 Å². The molecule has 0 aromatic carbocycles. The van der Waals surface area contributed by atoms with E-state index in [9.17, 15) is 0 Å². The van der Waals surface area contributed by atoms with Crippen molar-refractivity contribution < 1.29 is 19.7 Å². The SMILES string of the molecule is C=C(C)C.OCCOCCOCCO. The molecule has 0 atom stereocenters. The normalized spacial score (nSPS) is 9.14. The maximum absolute atomic E-state index is 8.26. The largest absolute Gasteiger partial charge is 0.394 e. The molecule has 0 spiro atoms. The number of ether oxygens (including phenoxy) is 2. The van der Waals surface area contributed by atoms with Crippen LogP contribution in [0.4, 0.5) is 0 Å². The molecule has 0 aliphatic carbocycles. The topological polar surface area (TPSA) is 58.9 Å². The van der Waals surface area contributed by atoms with Crippen molar-refractivity contribution in [2.75, 3.05) is 39.6 Å². The predicted octanol–water partition coefficient (Wildman–Crippen LogP) is 0.587. The van der Waals surface area contributed by atoms with Crippen LogP contribution < -0.4 is 0 Å². The zero-order valence-electron chi connectivity index (χ0n) is 9.16. The lowest BCUT2D eigenvalue weighted by Gasteiger charge is -2.01. The molecular formula is C10H22O4. The summed E-state index contributed by atoms with van der Waals surface area (Å²) in [4.78, 5) is 0. The lowest BCUT2D eigenvalue weighted by atomic mass is 10.4. The van der Waals surface area contributed by atoms with Crippen LogP contribution >= 0.6 is 0 Å². The molecule has 4 nitrogen and oxygen atoms in total. The highest BCUT2D eigenvalue weighted by Gasteiger charge is 1.86. The Balaban J connectivity index is 0. The van der Waals surface area contributed by atoms with E-state index < -0.39 is 0 Å². The van der Waals surface area contributed by atoms with E-state index in [1.165, 1.54) is 5.57 Å². The molecule has 0 aromatic heterocycles. The van der Waals surface area contributed by atoms with Crippen LogP contribution in [0.5, 0.6) is 0 Å². The first-order chi connectivity index (χ1) is 6.65. The Morgan fingerprint density at radius 3 is 1.43 bits per heavy atom. The van der Waals surface area contributed by atoms with Gasteiger partial charge in [-0.2, -0.15) is 0 Å². The molecule has 0 bridgehead atoms. The van der Waals surface area contributed by atoms with Crippen molar-refractivity contribution in [3.05, 3.63) is 12.2 Å². The molecule has 0 aromatic rings. The van der Waals surface area contributed by atoms with Crippen LogP contribution in [0.25, 0.3) is 0 Å². The predicted molar refractivity (Wildman–Crippen MR) is 56.3 cm³/mol. The van der Waals surface area contributed by atoms with Crippen molar-refractivity contribution in [3.8, 4) is 0 Å². The Labute approximate surface area is 86.2 Å². The standard InChI is InChI=1S/C6H14O4.C4H8/c7-1-3-9-5-6-10-4-2-8;1-4(2)3/h7-8H,1-6H2;1H2,2-3H3. The molecule has 0 saturated carbocycles. The molecular weight excluding hydrogens is 184 g/mol. The van der Waals surface area contributed by atoms with Crippen LogP contribution in [-0.2, 0) is 9.47 Å². The average Bonchev–Trinajstić information content (AvgIpc) is 2.10. The van der Waals surface area contributed by atoms with Crippen LogP contribution in [0, 0.1) is 0 Å². The van der Waals surface area contributed by atoms with Gasteiger partial charge in [-0.05, 0) is 13.8 Å². The fraction of sp³-hybridized carbons (Fsp3) is 0.800. The molecule has 4 heteroatoms. The van der Waals surface area contributed by atoms with Gasteiger partial charge >= 0.3 is 0 Å². The van der Waals surface area contributed by atoms with Gasteiger partial charge in [0, 0.05) is 0 Å². The third kappa shape index (κ3) is 29.9. The number of rotatable bonds is 7. The van der Waals surface area contributed by atoms with Gasteiger partial charge in [0.25, 0.3) is 0 Å². The van der Waals surface area contributed by atoms with Gasteiger partial charge in [-0.1, -0.05) is 5.57 Å². The summed E-state index contributed by atoms with van der Waals surface area (Å²) >= 11 is 0. The highest BCUT2D eigenvalue weighted by molar-refractivity contribution is 4.78. The summed E-state index contributed by atoms with van der Waals surface area (Å²) in [6, 6.07) is 0. The molecule has 0 fully saturated rings. The minimum absolute atomic E-state index is 0.0417. The fourth-order valence-corrected chi connectivity index (χ4v) is 0.451. The van der Waals surface area contributed by atoms with Gasteiger partial charge in [-0.25, -0.2) is 0 Å². The van der Waals surface area contributed by atoms with Crippen LogP contribution in [-0.4, -0.2) is 49.9 Å². The summed E-state index contributed by atoms with van der Waals surface area (Å²) in [5, 5.41) is 16.5. The molecule has 0 aliphatic rings. The summed E-state index contributed by atoms with van der Waals surface area (Å²) in [6.07, 6.45) is 0. The third-order valence-electron chi connectivity index (χ3n) is 0.843. The van der Waals surface area contributed by atoms with E-state index in [0.29, 0.717) is 26.4 Å². The minimum atomic E-state index is 0.0417. The Hall–Kier alpha value is -0.420. The fourth-order valence-electron chi connectivity index (χ4n) is 0.451. The van der Waals surface area contributed by atoms with E-state index in [2.05, 4.69) is 6.58 Å². The van der Waals surface area contributed by atoms with Gasteiger partial charge in [0.15, 0.2) is 0 Å². The number of aliphatic hydroxyl groups is 2. The monoisotopic (exact) mass is 206 g/mol. The number of hydrogen-bond donors (Lipinski definition) is 2. The van der Waals surface area contributed by atoms with E-state index in [-0.39, 0.29) is 13.2 Å². The van der Waals surface area contributed by atoms with Gasteiger partial charge < -0.3 is 19.7 Å². The molecule has 0 unspecified atom stereocenters. The number of allylic oxidation sites excluding steroid dienone is 1. The minimum Gasteiger partial charge on any atom is -0.394 e. The van der Waals surface area contributed by atoms with Gasteiger partial charge in [0.1, 0.15) is 0 Å². The smallest absolute Gasteiger partial charge is 0.0701 e. The zero-order valence-corrected chi connectivity index (χ0v) is 9.16. The molecule has 0 heterocycles. The summed E-state index contributed by atoms with van der Waals surface area (Å²) in [5.74, 6) is 0. The first-order valence-corrected chi connectivity index (χ1v) is 4.64. The van der Waals surface area contributed by atoms with E-state index in [0.717, 1.165) is 0 Å². The summed E-state index contributed by atoms with van der Waals surface area (Å²) in [5.41, 5.74) is 1.17. The maximum atomic E-state index is 8.26.